The van der Waals surface area contributed by atoms with Crippen molar-refractivity contribution in [2.75, 3.05) is 4.72 Å². The number of sulfonamides is 1. The van der Waals surface area contributed by atoms with E-state index in [1.165, 1.54) is 29.5 Å². The zero-order valence-electron chi connectivity index (χ0n) is 9.86. The summed E-state index contributed by atoms with van der Waals surface area (Å²) in [5.74, 6) is -0.659. The molecular formula is C11H9Br2FN2O2S2. The number of thiophene rings is 1. The average molecular weight is 444 g/mol. The second kappa shape index (κ2) is 6.10. The first-order valence-electron chi connectivity index (χ1n) is 5.30. The van der Waals surface area contributed by atoms with Crippen molar-refractivity contribution in [2.45, 2.75) is 11.4 Å². The van der Waals surface area contributed by atoms with Crippen LogP contribution in [0.25, 0.3) is 0 Å². The minimum absolute atomic E-state index is 0.0399. The topological polar surface area (TPSA) is 72.2 Å². The number of rotatable bonds is 4. The highest BCUT2D eigenvalue weighted by atomic mass is 79.9. The molecule has 0 unspecified atom stereocenters. The summed E-state index contributed by atoms with van der Waals surface area (Å²) in [7, 11) is -3.89. The molecule has 1 aromatic heterocycles. The van der Waals surface area contributed by atoms with E-state index in [9.17, 15) is 12.8 Å². The Bertz CT molecular complexity index is 727. The van der Waals surface area contributed by atoms with Crippen LogP contribution in [0.15, 0.2) is 37.4 Å². The fraction of sp³-hybridized carbons (Fsp3) is 0.0909. The highest BCUT2D eigenvalue weighted by molar-refractivity contribution is 9.11. The van der Waals surface area contributed by atoms with Gasteiger partial charge in [-0.25, -0.2) is 12.8 Å². The van der Waals surface area contributed by atoms with Gasteiger partial charge in [-0.05, 0) is 50.1 Å². The molecule has 0 radical (unpaired) electrons. The molecule has 2 aromatic rings. The normalized spacial score (nSPS) is 11.6. The van der Waals surface area contributed by atoms with Crippen molar-refractivity contribution in [3.8, 4) is 0 Å². The van der Waals surface area contributed by atoms with Crippen molar-refractivity contribution in [3.05, 3.63) is 43.2 Å². The van der Waals surface area contributed by atoms with Gasteiger partial charge in [0.25, 0.3) is 10.0 Å². The van der Waals surface area contributed by atoms with Gasteiger partial charge in [0.15, 0.2) is 0 Å². The van der Waals surface area contributed by atoms with Gasteiger partial charge in [-0.1, -0.05) is 6.07 Å². The maximum atomic E-state index is 13.7. The molecule has 0 atom stereocenters. The molecule has 108 valence electrons. The zero-order chi connectivity index (χ0) is 14.9. The van der Waals surface area contributed by atoms with Crippen LogP contribution in [0.1, 0.15) is 4.88 Å². The fourth-order valence-corrected chi connectivity index (χ4v) is 5.69. The van der Waals surface area contributed by atoms with Crippen molar-refractivity contribution in [2.24, 2.45) is 5.73 Å². The summed E-state index contributed by atoms with van der Waals surface area (Å²) >= 11 is 7.52. The second-order valence-electron chi connectivity index (χ2n) is 3.76. The predicted molar refractivity (Wildman–Crippen MR) is 84.8 cm³/mol. The monoisotopic (exact) mass is 442 g/mol. The molecule has 0 saturated carbocycles. The molecule has 0 saturated heterocycles. The molecule has 3 N–H and O–H groups in total. The molecule has 0 aliphatic heterocycles. The van der Waals surface area contributed by atoms with Gasteiger partial charge in [-0.3, -0.25) is 4.72 Å². The van der Waals surface area contributed by atoms with Gasteiger partial charge in [-0.2, -0.15) is 0 Å². The number of anilines is 1. The molecule has 0 aliphatic carbocycles. The van der Waals surface area contributed by atoms with Gasteiger partial charge in [0.1, 0.15) is 10.7 Å². The minimum Gasteiger partial charge on any atom is -0.326 e. The standard InChI is InChI=1S/C11H9Br2FN2O2S2/c12-7-2-1-3-8(14)10(7)16-20(17,18)9-4-6(5-15)19-11(9)13/h1-4,16H,5,15H2. The summed E-state index contributed by atoms with van der Waals surface area (Å²) in [6.07, 6.45) is 0. The van der Waals surface area contributed by atoms with Crippen LogP contribution < -0.4 is 10.5 Å². The molecule has 9 heteroatoms. The van der Waals surface area contributed by atoms with Crippen molar-refractivity contribution >= 4 is 58.9 Å². The fourth-order valence-electron chi connectivity index (χ4n) is 1.47. The van der Waals surface area contributed by atoms with Crippen LogP contribution >= 0.6 is 43.2 Å². The molecular weight excluding hydrogens is 435 g/mol. The van der Waals surface area contributed by atoms with Gasteiger partial charge in [0.05, 0.1) is 9.47 Å². The van der Waals surface area contributed by atoms with Crippen LogP contribution in [0.2, 0.25) is 0 Å². The Kier molecular flexibility index (Phi) is 4.85. The number of nitrogens with one attached hydrogen (secondary N) is 1. The van der Waals surface area contributed by atoms with Gasteiger partial charge in [0, 0.05) is 15.9 Å². The van der Waals surface area contributed by atoms with E-state index >= 15 is 0 Å². The van der Waals surface area contributed by atoms with E-state index < -0.39 is 15.8 Å². The van der Waals surface area contributed by atoms with Crippen molar-refractivity contribution in [1.82, 2.24) is 0 Å². The Morgan fingerprint density at radius 2 is 2.05 bits per heavy atom. The Hall–Kier alpha value is -0.480. The third-order valence-corrected chi connectivity index (χ3v) is 6.68. The van der Waals surface area contributed by atoms with Crippen LogP contribution in [0.5, 0.6) is 0 Å². The zero-order valence-corrected chi connectivity index (χ0v) is 14.7. The third-order valence-electron chi connectivity index (χ3n) is 2.40. The van der Waals surface area contributed by atoms with E-state index in [1.54, 1.807) is 6.07 Å². The largest absolute Gasteiger partial charge is 0.326 e. The molecule has 0 fully saturated rings. The van der Waals surface area contributed by atoms with E-state index in [-0.39, 0.29) is 17.1 Å². The predicted octanol–water partition coefficient (Wildman–Crippen LogP) is 3.67. The van der Waals surface area contributed by atoms with E-state index in [1.807, 2.05) is 0 Å². The lowest BCUT2D eigenvalue weighted by Gasteiger charge is -2.09. The molecule has 0 bridgehead atoms. The highest BCUT2D eigenvalue weighted by Gasteiger charge is 2.23. The molecule has 0 spiro atoms. The molecule has 20 heavy (non-hydrogen) atoms. The Balaban J connectivity index is 2.43. The second-order valence-corrected chi connectivity index (χ2v) is 8.72. The van der Waals surface area contributed by atoms with Gasteiger partial charge in [0.2, 0.25) is 0 Å². The first-order valence-corrected chi connectivity index (χ1v) is 9.19. The van der Waals surface area contributed by atoms with Crippen LogP contribution in [0, 0.1) is 5.82 Å². The maximum absolute atomic E-state index is 13.7. The molecule has 1 heterocycles. The van der Waals surface area contributed by atoms with Gasteiger partial charge >= 0.3 is 0 Å². The van der Waals surface area contributed by atoms with E-state index in [0.717, 1.165) is 0 Å². The number of para-hydroxylation sites is 1. The van der Waals surface area contributed by atoms with E-state index in [2.05, 4.69) is 36.6 Å². The SMILES string of the molecule is NCc1cc(S(=O)(=O)Nc2c(F)cccc2Br)c(Br)s1. The van der Waals surface area contributed by atoms with E-state index in [4.69, 9.17) is 5.73 Å². The first-order chi connectivity index (χ1) is 9.35. The number of hydrogen-bond acceptors (Lipinski definition) is 4. The molecule has 1 aromatic carbocycles. The summed E-state index contributed by atoms with van der Waals surface area (Å²) in [5.41, 5.74) is 5.36. The first kappa shape index (κ1) is 15.9. The molecule has 0 amide bonds. The summed E-state index contributed by atoms with van der Waals surface area (Å²) in [4.78, 5) is 0.753. The minimum atomic E-state index is -3.89. The van der Waals surface area contributed by atoms with E-state index in [0.29, 0.717) is 13.1 Å². The number of benzene rings is 1. The lowest BCUT2D eigenvalue weighted by atomic mass is 10.3. The molecule has 0 aliphatic rings. The van der Waals surface area contributed by atoms with Crippen LogP contribution in [0.3, 0.4) is 0 Å². The molecule has 4 nitrogen and oxygen atoms in total. The van der Waals surface area contributed by atoms with Crippen LogP contribution in [-0.4, -0.2) is 8.42 Å². The summed E-state index contributed by atoms with van der Waals surface area (Å²) < 4.78 is 41.3. The summed E-state index contributed by atoms with van der Waals surface area (Å²) in [5, 5.41) is 0. The lowest BCUT2D eigenvalue weighted by Crippen LogP contribution is -2.14. The smallest absolute Gasteiger partial charge is 0.264 e. The van der Waals surface area contributed by atoms with Gasteiger partial charge < -0.3 is 5.73 Å². The highest BCUT2D eigenvalue weighted by Crippen LogP contribution is 2.34. The maximum Gasteiger partial charge on any atom is 0.264 e. The lowest BCUT2D eigenvalue weighted by molar-refractivity contribution is 0.598. The van der Waals surface area contributed by atoms with Crippen LogP contribution in [0.4, 0.5) is 10.1 Å². The van der Waals surface area contributed by atoms with Crippen molar-refractivity contribution in [3.63, 3.8) is 0 Å². The van der Waals surface area contributed by atoms with Crippen molar-refractivity contribution < 1.29 is 12.8 Å². The Labute approximate surface area is 136 Å². The summed E-state index contributed by atoms with van der Waals surface area (Å²) in [6.45, 7) is 0.238. The Morgan fingerprint density at radius 1 is 1.35 bits per heavy atom. The number of halogens is 3. The molecule has 2 rings (SSSR count). The van der Waals surface area contributed by atoms with Gasteiger partial charge in [-0.15, -0.1) is 11.3 Å². The Morgan fingerprint density at radius 3 is 2.60 bits per heavy atom. The average Bonchev–Trinajstić information content (AvgIpc) is 2.76. The number of hydrogen-bond donors (Lipinski definition) is 2. The number of nitrogens with two attached hydrogens (primary N) is 1. The van der Waals surface area contributed by atoms with Crippen molar-refractivity contribution in [1.29, 1.82) is 0 Å². The quantitative estimate of drug-likeness (QED) is 0.757. The van der Waals surface area contributed by atoms with Crippen LogP contribution in [-0.2, 0) is 16.6 Å². The summed E-state index contributed by atoms with van der Waals surface area (Å²) in [6, 6.07) is 5.67. The third kappa shape index (κ3) is 3.22.